The van der Waals surface area contributed by atoms with Gasteiger partial charge >= 0.3 is 0 Å². The molecule has 5 nitrogen and oxygen atoms in total. The van der Waals surface area contributed by atoms with Crippen molar-refractivity contribution in [3.05, 3.63) is 34.5 Å². The van der Waals surface area contributed by atoms with Gasteiger partial charge in [-0.2, -0.15) is 0 Å². The molecule has 21 heavy (non-hydrogen) atoms. The van der Waals surface area contributed by atoms with Crippen LogP contribution in [0.2, 0.25) is 0 Å². The van der Waals surface area contributed by atoms with E-state index >= 15 is 0 Å². The number of rotatable bonds is 4. The molecule has 9 heteroatoms. The normalized spacial score (nSPS) is 10.5. The number of nitrogens with two attached hydrogens (primary N) is 1. The van der Waals surface area contributed by atoms with Crippen LogP contribution in [0.5, 0.6) is 0 Å². The highest BCUT2D eigenvalue weighted by atomic mass is 32.1. The Bertz CT molecular complexity index is 666. The minimum absolute atomic E-state index is 0.00840. The summed E-state index contributed by atoms with van der Waals surface area (Å²) in [5.74, 6) is -4.38. The van der Waals surface area contributed by atoms with E-state index in [-0.39, 0.29) is 10.7 Å². The van der Waals surface area contributed by atoms with Crippen LogP contribution < -0.4 is 16.4 Å². The first-order chi connectivity index (χ1) is 9.92. The summed E-state index contributed by atoms with van der Waals surface area (Å²) in [6.07, 6.45) is 0. The molecule has 0 radical (unpaired) electrons. The summed E-state index contributed by atoms with van der Waals surface area (Å²) in [5, 5.41) is 5.31. The molecule has 1 aromatic carbocycles. The number of carbonyl (C=O) groups is 1. The molecular formula is C12H11F3N4OS. The summed E-state index contributed by atoms with van der Waals surface area (Å²) >= 11 is 0.948. The predicted molar refractivity (Wildman–Crippen MR) is 75.0 cm³/mol. The van der Waals surface area contributed by atoms with Crippen molar-refractivity contribution in [2.45, 2.75) is 6.92 Å². The summed E-state index contributed by atoms with van der Waals surface area (Å²) in [6.45, 7) is 2.41. The molecule has 0 atom stereocenters. The molecule has 0 aliphatic heterocycles. The van der Waals surface area contributed by atoms with Crippen molar-refractivity contribution in [3.63, 3.8) is 0 Å². The quantitative estimate of drug-likeness (QED) is 0.810. The van der Waals surface area contributed by atoms with E-state index in [0.717, 1.165) is 11.3 Å². The van der Waals surface area contributed by atoms with Crippen LogP contribution in [0.25, 0.3) is 0 Å². The zero-order valence-corrected chi connectivity index (χ0v) is 11.7. The van der Waals surface area contributed by atoms with E-state index in [4.69, 9.17) is 5.73 Å². The minimum atomic E-state index is -1.21. The van der Waals surface area contributed by atoms with Crippen LogP contribution in [0.1, 0.15) is 16.6 Å². The van der Waals surface area contributed by atoms with Crippen molar-refractivity contribution in [3.8, 4) is 0 Å². The zero-order valence-electron chi connectivity index (χ0n) is 10.8. The lowest BCUT2D eigenvalue weighted by atomic mass is 10.2. The van der Waals surface area contributed by atoms with E-state index in [1.165, 1.54) is 0 Å². The average Bonchev–Trinajstić information content (AvgIpc) is 2.75. The minimum Gasteiger partial charge on any atom is -0.382 e. The number of nitrogen functional groups attached to an aromatic ring is 1. The molecule has 2 aromatic rings. The second kappa shape index (κ2) is 6.00. The van der Waals surface area contributed by atoms with E-state index < -0.39 is 29.0 Å². The first-order valence-electron chi connectivity index (χ1n) is 5.88. The van der Waals surface area contributed by atoms with Crippen molar-refractivity contribution in [2.75, 3.05) is 22.9 Å². The fourth-order valence-corrected chi connectivity index (χ4v) is 2.40. The molecule has 0 saturated carbocycles. The van der Waals surface area contributed by atoms with Gasteiger partial charge in [-0.05, 0) is 6.92 Å². The Labute approximate surface area is 122 Å². The van der Waals surface area contributed by atoms with Gasteiger partial charge in [-0.1, -0.05) is 11.3 Å². The fourth-order valence-electron chi connectivity index (χ4n) is 1.55. The van der Waals surface area contributed by atoms with E-state index in [9.17, 15) is 18.0 Å². The average molecular weight is 316 g/mol. The summed E-state index contributed by atoms with van der Waals surface area (Å²) < 4.78 is 39.7. The van der Waals surface area contributed by atoms with Crippen LogP contribution in [0, 0.1) is 17.5 Å². The van der Waals surface area contributed by atoms with Gasteiger partial charge in [0.1, 0.15) is 22.2 Å². The smallest absolute Gasteiger partial charge is 0.269 e. The summed E-state index contributed by atoms with van der Waals surface area (Å²) in [4.78, 5) is 15.9. The number of anilines is 3. The SMILES string of the molecule is CCNc1nc(N)c(C(=O)Nc2c(F)cc(F)cc2F)s1. The molecule has 112 valence electrons. The van der Waals surface area contributed by atoms with Gasteiger partial charge in [0.05, 0.1) is 0 Å². The monoisotopic (exact) mass is 316 g/mol. The maximum absolute atomic E-state index is 13.5. The third-order valence-corrected chi connectivity index (χ3v) is 3.46. The molecule has 1 aromatic heterocycles. The van der Waals surface area contributed by atoms with Crippen LogP contribution in [0.15, 0.2) is 12.1 Å². The Balaban J connectivity index is 2.26. The summed E-state index contributed by atoms with van der Waals surface area (Å²) in [6, 6.07) is 0.942. The third kappa shape index (κ3) is 3.24. The van der Waals surface area contributed by atoms with E-state index in [1.54, 1.807) is 0 Å². The Kier molecular flexibility index (Phi) is 4.32. The molecule has 0 aliphatic rings. The standard InChI is InChI=1S/C12H11F3N4OS/c1-2-17-12-19-10(16)9(21-12)11(20)18-8-6(14)3-5(13)4-7(8)15/h3-4H,2,16H2,1H3,(H,17,19)(H,18,20). The Morgan fingerprint density at radius 3 is 2.52 bits per heavy atom. The summed E-state index contributed by atoms with van der Waals surface area (Å²) in [7, 11) is 0. The number of aromatic nitrogens is 1. The van der Waals surface area contributed by atoms with Gasteiger partial charge in [0, 0.05) is 18.7 Å². The van der Waals surface area contributed by atoms with E-state index in [0.29, 0.717) is 23.8 Å². The number of nitrogens with zero attached hydrogens (tertiary/aromatic N) is 1. The second-order valence-electron chi connectivity index (χ2n) is 3.96. The number of thiazole rings is 1. The lowest BCUT2D eigenvalue weighted by Crippen LogP contribution is -2.14. The number of carbonyl (C=O) groups excluding carboxylic acids is 1. The van der Waals surface area contributed by atoms with Crippen LogP contribution in [-0.2, 0) is 0 Å². The number of benzene rings is 1. The zero-order chi connectivity index (χ0) is 15.6. The van der Waals surface area contributed by atoms with Crippen molar-refractivity contribution >= 4 is 33.9 Å². The Hall–Kier alpha value is -2.29. The highest BCUT2D eigenvalue weighted by Gasteiger charge is 2.20. The van der Waals surface area contributed by atoms with Gasteiger partial charge in [0.15, 0.2) is 16.8 Å². The van der Waals surface area contributed by atoms with Gasteiger partial charge in [0.2, 0.25) is 0 Å². The number of hydrogen-bond acceptors (Lipinski definition) is 5. The molecule has 4 N–H and O–H groups in total. The molecule has 0 aliphatic carbocycles. The highest BCUT2D eigenvalue weighted by Crippen LogP contribution is 2.27. The molecule has 1 amide bonds. The number of hydrogen-bond donors (Lipinski definition) is 3. The van der Waals surface area contributed by atoms with Gasteiger partial charge in [-0.15, -0.1) is 0 Å². The molecule has 0 bridgehead atoms. The van der Waals surface area contributed by atoms with Crippen LogP contribution in [-0.4, -0.2) is 17.4 Å². The number of halogens is 3. The lowest BCUT2D eigenvalue weighted by Gasteiger charge is -2.06. The Morgan fingerprint density at radius 2 is 1.95 bits per heavy atom. The van der Waals surface area contributed by atoms with E-state index in [2.05, 4.69) is 10.3 Å². The highest BCUT2D eigenvalue weighted by molar-refractivity contribution is 7.18. The summed E-state index contributed by atoms with van der Waals surface area (Å²) in [5.41, 5.74) is 4.84. The van der Waals surface area contributed by atoms with Crippen LogP contribution >= 0.6 is 11.3 Å². The van der Waals surface area contributed by atoms with Crippen molar-refractivity contribution in [1.82, 2.24) is 4.98 Å². The molecule has 0 saturated heterocycles. The van der Waals surface area contributed by atoms with Crippen molar-refractivity contribution in [2.24, 2.45) is 0 Å². The van der Waals surface area contributed by atoms with Crippen LogP contribution in [0.3, 0.4) is 0 Å². The van der Waals surface area contributed by atoms with Gasteiger partial charge in [-0.25, -0.2) is 18.2 Å². The maximum Gasteiger partial charge on any atom is 0.269 e. The van der Waals surface area contributed by atoms with Gasteiger partial charge in [0.25, 0.3) is 5.91 Å². The molecule has 0 unspecified atom stereocenters. The van der Waals surface area contributed by atoms with Crippen molar-refractivity contribution in [1.29, 1.82) is 0 Å². The lowest BCUT2D eigenvalue weighted by molar-refractivity contribution is 0.103. The third-order valence-electron chi connectivity index (χ3n) is 2.43. The molecule has 0 fully saturated rings. The molecule has 2 rings (SSSR count). The fraction of sp³-hybridized carbons (Fsp3) is 0.167. The molecular weight excluding hydrogens is 305 g/mol. The number of amides is 1. The Morgan fingerprint density at radius 1 is 1.33 bits per heavy atom. The van der Waals surface area contributed by atoms with Gasteiger partial charge in [-0.3, -0.25) is 4.79 Å². The first kappa shape index (κ1) is 15.1. The predicted octanol–water partition coefficient (Wildman–Crippen LogP) is 2.83. The van der Waals surface area contributed by atoms with E-state index in [1.807, 2.05) is 12.2 Å². The van der Waals surface area contributed by atoms with Crippen LogP contribution in [0.4, 0.5) is 29.8 Å². The number of nitrogens with one attached hydrogen (secondary N) is 2. The van der Waals surface area contributed by atoms with Gasteiger partial charge < -0.3 is 16.4 Å². The first-order valence-corrected chi connectivity index (χ1v) is 6.70. The largest absolute Gasteiger partial charge is 0.382 e. The molecule has 1 heterocycles. The van der Waals surface area contributed by atoms with Crippen molar-refractivity contribution < 1.29 is 18.0 Å². The second-order valence-corrected chi connectivity index (χ2v) is 4.96. The molecule has 0 spiro atoms. The topological polar surface area (TPSA) is 80.0 Å². The maximum atomic E-state index is 13.5.